The number of hydrogen-bond donors (Lipinski definition) is 3. The van der Waals surface area contributed by atoms with Crippen LogP contribution in [0.25, 0.3) is 0 Å². The number of carbonyl (C=O) groups excluding carboxylic acids is 3. The van der Waals surface area contributed by atoms with Crippen molar-refractivity contribution >= 4 is 17.7 Å². The molecule has 200 valence electrons. The second-order valence-corrected chi connectivity index (χ2v) is 10.0. The van der Waals surface area contributed by atoms with E-state index in [9.17, 15) is 14.4 Å². The molecule has 0 aromatic heterocycles. The zero-order chi connectivity index (χ0) is 26.8. The van der Waals surface area contributed by atoms with Crippen molar-refractivity contribution in [2.24, 2.45) is 5.92 Å². The van der Waals surface area contributed by atoms with E-state index in [4.69, 9.17) is 0 Å². The number of rotatable bonds is 11. The van der Waals surface area contributed by atoms with E-state index in [1.807, 2.05) is 62.4 Å². The number of benzene rings is 2. The molecule has 0 bridgehead atoms. The largest absolute Gasteiger partial charge is 0.354 e. The van der Waals surface area contributed by atoms with E-state index >= 15 is 0 Å². The lowest BCUT2D eigenvalue weighted by molar-refractivity contribution is -0.147. The van der Waals surface area contributed by atoms with Crippen LogP contribution >= 0.6 is 0 Å². The molecule has 1 aliphatic heterocycles. The average Bonchev–Trinajstić information content (AvgIpc) is 2.91. The number of nitrogens with one attached hydrogen (secondary N) is 3. The van der Waals surface area contributed by atoms with Gasteiger partial charge in [-0.25, -0.2) is 0 Å². The normalized spacial score (nSPS) is 17.8. The summed E-state index contributed by atoms with van der Waals surface area (Å²) in [4.78, 5) is 43.7. The van der Waals surface area contributed by atoms with Gasteiger partial charge in [0.1, 0.15) is 12.1 Å². The van der Waals surface area contributed by atoms with Gasteiger partial charge in [-0.15, -0.1) is 0 Å². The Kier molecular flexibility index (Phi) is 10.7. The summed E-state index contributed by atoms with van der Waals surface area (Å²) < 4.78 is 0. The van der Waals surface area contributed by atoms with Gasteiger partial charge in [-0.05, 0) is 37.4 Å². The molecule has 3 N–H and O–H groups in total. The highest BCUT2D eigenvalue weighted by atomic mass is 16.2. The van der Waals surface area contributed by atoms with E-state index < -0.39 is 18.1 Å². The van der Waals surface area contributed by atoms with Gasteiger partial charge in [-0.2, -0.15) is 0 Å². The van der Waals surface area contributed by atoms with Crippen LogP contribution in [-0.4, -0.2) is 78.9 Å². The third-order valence-electron chi connectivity index (χ3n) is 6.91. The second kappa shape index (κ2) is 13.9. The van der Waals surface area contributed by atoms with Crippen molar-refractivity contribution < 1.29 is 14.4 Å². The van der Waals surface area contributed by atoms with Crippen LogP contribution in [0.5, 0.6) is 0 Å². The Hall–Kier alpha value is -3.23. The molecule has 0 saturated carbocycles. The quantitative estimate of drug-likeness (QED) is 0.431. The van der Waals surface area contributed by atoms with Gasteiger partial charge < -0.3 is 20.9 Å². The fourth-order valence-electron chi connectivity index (χ4n) is 4.51. The zero-order valence-corrected chi connectivity index (χ0v) is 22.4. The molecule has 3 amide bonds. The van der Waals surface area contributed by atoms with Gasteiger partial charge in [0, 0.05) is 32.7 Å². The van der Waals surface area contributed by atoms with Crippen LogP contribution < -0.4 is 16.0 Å². The molecule has 8 nitrogen and oxygen atoms in total. The smallest absolute Gasteiger partial charge is 0.246 e. The molecule has 1 fully saturated rings. The van der Waals surface area contributed by atoms with Gasteiger partial charge in [0.05, 0.1) is 6.04 Å². The van der Waals surface area contributed by atoms with E-state index in [0.29, 0.717) is 39.1 Å². The fourth-order valence-corrected chi connectivity index (χ4v) is 4.51. The molecular weight excluding hydrogens is 466 g/mol. The van der Waals surface area contributed by atoms with Gasteiger partial charge in [0.25, 0.3) is 0 Å². The lowest BCUT2D eigenvalue weighted by Crippen LogP contribution is -2.64. The molecule has 0 spiro atoms. The monoisotopic (exact) mass is 507 g/mol. The number of nitrogens with zero attached hydrogens (tertiary/aromatic N) is 2. The molecule has 0 unspecified atom stereocenters. The first kappa shape index (κ1) is 28.3. The molecule has 1 heterocycles. The maximum Gasteiger partial charge on any atom is 0.246 e. The van der Waals surface area contributed by atoms with Gasteiger partial charge in [0.2, 0.25) is 17.7 Å². The number of piperazine rings is 1. The molecule has 2 aromatic carbocycles. The first-order valence-corrected chi connectivity index (χ1v) is 13.2. The highest BCUT2D eigenvalue weighted by molar-refractivity contribution is 5.93. The molecule has 2 aromatic rings. The van der Waals surface area contributed by atoms with E-state index in [2.05, 4.69) is 33.0 Å². The lowest BCUT2D eigenvalue weighted by Gasteiger charge is -2.42. The van der Waals surface area contributed by atoms with Crippen molar-refractivity contribution in [1.29, 1.82) is 0 Å². The second-order valence-electron chi connectivity index (χ2n) is 10.0. The SMILES string of the molecule is CN[C@@H](C)C(=O)N[C@H](C(=O)N1CCN(Cc2ccccc2)C[C@H]1C(=O)NCCc1ccccc1)C(C)C. The molecule has 0 aliphatic carbocycles. The summed E-state index contributed by atoms with van der Waals surface area (Å²) in [6.45, 7) is 8.28. The van der Waals surface area contributed by atoms with Crippen molar-refractivity contribution in [2.75, 3.05) is 33.2 Å². The van der Waals surface area contributed by atoms with Crippen molar-refractivity contribution in [1.82, 2.24) is 25.8 Å². The Morgan fingerprint density at radius 2 is 1.54 bits per heavy atom. The summed E-state index contributed by atoms with van der Waals surface area (Å²) in [7, 11) is 1.71. The molecule has 8 heteroatoms. The van der Waals surface area contributed by atoms with Gasteiger partial charge in [0.15, 0.2) is 0 Å². The summed E-state index contributed by atoms with van der Waals surface area (Å²) in [6.07, 6.45) is 0.716. The van der Waals surface area contributed by atoms with Crippen molar-refractivity contribution in [3.8, 4) is 0 Å². The number of amides is 3. The van der Waals surface area contributed by atoms with Crippen molar-refractivity contribution in [3.63, 3.8) is 0 Å². The van der Waals surface area contributed by atoms with E-state index in [1.54, 1.807) is 18.9 Å². The Morgan fingerprint density at radius 3 is 2.14 bits per heavy atom. The number of carbonyl (C=O) groups is 3. The standard InChI is InChI=1S/C29H41N5O3/c1-21(2)26(32-27(35)22(3)30-4)29(37)34-18-17-33(19-24-13-9-6-10-14-24)20-25(34)28(36)31-16-15-23-11-7-5-8-12-23/h5-14,21-22,25-26,30H,15-20H2,1-4H3,(H,31,36)(H,32,35)/t22-,25-,26-/m0/s1. The fraction of sp³-hybridized carbons (Fsp3) is 0.483. The first-order chi connectivity index (χ1) is 17.8. The third kappa shape index (κ3) is 8.13. The lowest BCUT2D eigenvalue weighted by atomic mass is 9.99. The molecular formula is C29H41N5O3. The van der Waals surface area contributed by atoms with E-state index in [0.717, 1.165) is 5.56 Å². The third-order valence-corrected chi connectivity index (χ3v) is 6.91. The van der Waals surface area contributed by atoms with Crippen molar-refractivity contribution in [2.45, 2.75) is 51.9 Å². The minimum atomic E-state index is -0.705. The Bertz CT molecular complexity index is 1010. The predicted molar refractivity (Wildman–Crippen MR) is 146 cm³/mol. The Labute approximate surface area is 220 Å². The maximum absolute atomic E-state index is 13.8. The van der Waals surface area contributed by atoms with Gasteiger partial charge >= 0.3 is 0 Å². The van der Waals surface area contributed by atoms with Gasteiger partial charge in [-0.3, -0.25) is 19.3 Å². The van der Waals surface area contributed by atoms with Crippen LogP contribution in [-0.2, 0) is 27.3 Å². The number of likely N-dealkylation sites (N-methyl/N-ethyl adjacent to an activating group) is 1. The molecule has 1 saturated heterocycles. The highest BCUT2D eigenvalue weighted by Crippen LogP contribution is 2.17. The molecule has 3 atom stereocenters. The first-order valence-electron chi connectivity index (χ1n) is 13.2. The Balaban J connectivity index is 1.74. The van der Waals surface area contributed by atoms with Crippen LogP contribution in [0.15, 0.2) is 60.7 Å². The summed E-state index contributed by atoms with van der Waals surface area (Å²) in [6, 6.07) is 18.4. The van der Waals surface area contributed by atoms with E-state index in [-0.39, 0.29) is 23.6 Å². The molecule has 3 rings (SSSR count). The van der Waals surface area contributed by atoms with Crippen LogP contribution in [0.3, 0.4) is 0 Å². The topological polar surface area (TPSA) is 93.8 Å². The maximum atomic E-state index is 13.8. The summed E-state index contributed by atoms with van der Waals surface area (Å²) >= 11 is 0. The predicted octanol–water partition coefficient (Wildman–Crippen LogP) is 1.81. The van der Waals surface area contributed by atoms with Crippen LogP contribution in [0.2, 0.25) is 0 Å². The molecule has 0 radical (unpaired) electrons. The minimum absolute atomic E-state index is 0.121. The summed E-state index contributed by atoms with van der Waals surface area (Å²) in [5, 5.41) is 8.86. The minimum Gasteiger partial charge on any atom is -0.354 e. The molecule has 37 heavy (non-hydrogen) atoms. The van der Waals surface area contributed by atoms with Gasteiger partial charge in [-0.1, -0.05) is 74.5 Å². The summed E-state index contributed by atoms with van der Waals surface area (Å²) in [5.41, 5.74) is 2.31. The highest BCUT2D eigenvalue weighted by Gasteiger charge is 2.39. The van der Waals surface area contributed by atoms with Crippen LogP contribution in [0.4, 0.5) is 0 Å². The van der Waals surface area contributed by atoms with E-state index in [1.165, 1.54) is 5.56 Å². The Morgan fingerprint density at radius 1 is 0.919 bits per heavy atom. The van der Waals surface area contributed by atoms with Crippen molar-refractivity contribution in [3.05, 3.63) is 71.8 Å². The zero-order valence-electron chi connectivity index (χ0n) is 22.4. The van der Waals surface area contributed by atoms with Crippen LogP contribution in [0, 0.1) is 5.92 Å². The number of hydrogen-bond acceptors (Lipinski definition) is 5. The molecule has 1 aliphatic rings. The van der Waals surface area contributed by atoms with Crippen LogP contribution in [0.1, 0.15) is 31.9 Å². The summed E-state index contributed by atoms with van der Waals surface area (Å²) in [5.74, 6) is -0.737. The average molecular weight is 508 g/mol.